The Hall–Kier alpha value is -1.06. The van der Waals surface area contributed by atoms with Crippen LogP contribution in [0, 0.1) is 5.92 Å². The number of nitrogens with one attached hydrogen (secondary N) is 2. The van der Waals surface area contributed by atoms with Crippen molar-refractivity contribution in [3.05, 3.63) is 35.9 Å². The summed E-state index contributed by atoms with van der Waals surface area (Å²) in [5.74, 6) is 1.21. The minimum absolute atomic E-state index is 0. The SMILES string of the molecule is Cl.O=C(NC1CC2CCC(C1)N2)C1CCC(c2ccccc2)CC1. The molecule has 2 N–H and O–H groups in total. The van der Waals surface area contributed by atoms with E-state index in [1.54, 1.807) is 0 Å². The number of benzene rings is 1. The Morgan fingerprint density at radius 3 is 2.17 bits per heavy atom. The number of fused-ring (bicyclic) bond motifs is 2. The lowest BCUT2D eigenvalue weighted by molar-refractivity contribution is -0.127. The fourth-order valence-corrected chi connectivity index (χ4v) is 4.91. The lowest BCUT2D eigenvalue weighted by atomic mass is 9.78. The lowest BCUT2D eigenvalue weighted by Gasteiger charge is -2.33. The van der Waals surface area contributed by atoms with Crippen LogP contribution in [0.3, 0.4) is 0 Å². The molecule has 1 aromatic rings. The van der Waals surface area contributed by atoms with Crippen LogP contribution in [0.15, 0.2) is 30.3 Å². The number of carbonyl (C=O) groups is 1. The van der Waals surface area contributed by atoms with Crippen molar-refractivity contribution in [1.82, 2.24) is 10.6 Å². The van der Waals surface area contributed by atoms with E-state index < -0.39 is 0 Å². The van der Waals surface area contributed by atoms with Gasteiger partial charge < -0.3 is 10.6 Å². The molecule has 1 saturated carbocycles. The highest BCUT2D eigenvalue weighted by atomic mass is 35.5. The highest BCUT2D eigenvalue weighted by molar-refractivity contribution is 5.85. The summed E-state index contributed by atoms with van der Waals surface area (Å²) in [5, 5.41) is 7.01. The molecule has 0 aromatic heterocycles. The van der Waals surface area contributed by atoms with Gasteiger partial charge in [0.2, 0.25) is 5.91 Å². The number of hydrogen-bond donors (Lipinski definition) is 2. The Kier molecular flexibility index (Phi) is 5.83. The van der Waals surface area contributed by atoms with Crippen LogP contribution in [0.25, 0.3) is 0 Å². The number of piperidine rings is 1. The molecule has 2 atom stereocenters. The van der Waals surface area contributed by atoms with Crippen LogP contribution in [0.2, 0.25) is 0 Å². The van der Waals surface area contributed by atoms with Crippen molar-refractivity contribution in [3.8, 4) is 0 Å². The Balaban J connectivity index is 0.00000169. The average Bonchev–Trinajstić information content (AvgIpc) is 2.94. The molecule has 2 heterocycles. The minimum Gasteiger partial charge on any atom is -0.353 e. The normalized spacial score (nSPS) is 35.1. The first-order valence-corrected chi connectivity index (χ1v) is 9.39. The summed E-state index contributed by atoms with van der Waals surface area (Å²) in [6.07, 6.45) is 9.23. The second kappa shape index (κ2) is 7.88. The molecule has 1 aliphatic carbocycles. The topological polar surface area (TPSA) is 41.1 Å². The van der Waals surface area contributed by atoms with Gasteiger partial charge in [0, 0.05) is 24.0 Å². The van der Waals surface area contributed by atoms with Crippen LogP contribution < -0.4 is 10.6 Å². The van der Waals surface area contributed by atoms with Gasteiger partial charge >= 0.3 is 0 Å². The molecule has 2 bridgehead atoms. The predicted molar refractivity (Wildman–Crippen MR) is 99.5 cm³/mol. The van der Waals surface area contributed by atoms with Crippen LogP contribution in [0.5, 0.6) is 0 Å². The van der Waals surface area contributed by atoms with Gasteiger partial charge in [-0.25, -0.2) is 0 Å². The number of carbonyl (C=O) groups excluding carboxylic acids is 1. The highest BCUT2D eigenvalue weighted by Gasteiger charge is 2.35. The third-order valence-electron chi connectivity index (χ3n) is 6.19. The zero-order chi connectivity index (χ0) is 15.6. The van der Waals surface area contributed by atoms with Crippen LogP contribution in [0.1, 0.15) is 62.8 Å². The number of rotatable bonds is 3. The van der Waals surface area contributed by atoms with E-state index >= 15 is 0 Å². The first kappa shape index (κ1) is 17.8. The summed E-state index contributed by atoms with van der Waals surface area (Å²) >= 11 is 0. The summed E-state index contributed by atoms with van der Waals surface area (Å²) in [6, 6.07) is 12.5. The monoisotopic (exact) mass is 348 g/mol. The molecule has 2 unspecified atom stereocenters. The van der Waals surface area contributed by atoms with E-state index in [2.05, 4.69) is 41.0 Å². The van der Waals surface area contributed by atoms with Gasteiger partial charge in [0.1, 0.15) is 0 Å². The molecule has 1 aromatic carbocycles. The van der Waals surface area contributed by atoms with Crippen LogP contribution in [0.4, 0.5) is 0 Å². The van der Waals surface area contributed by atoms with Gasteiger partial charge in [-0.1, -0.05) is 30.3 Å². The first-order valence-electron chi connectivity index (χ1n) is 9.39. The maximum absolute atomic E-state index is 12.6. The van der Waals surface area contributed by atoms with E-state index in [9.17, 15) is 4.79 Å². The quantitative estimate of drug-likeness (QED) is 0.872. The molecule has 1 amide bonds. The summed E-state index contributed by atoms with van der Waals surface area (Å²) < 4.78 is 0. The molecule has 3 aliphatic rings. The van der Waals surface area contributed by atoms with Gasteiger partial charge in [0.25, 0.3) is 0 Å². The van der Waals surface area contributed by atoms with E-state index in [0.717, 1.165) is 38.5 Å². The fourth-order valence-electron chi connectivity index (χ4n) is 4.91. The minimum atomic E-state index is 0. The third-order valence-corrected chi connectivity index (χ3v) is 6.19. The molecule has 4 heteroatoms. The smallest absolute Gasteiger partial charge is 0.223 e. The molecule has 24 heavy (non-hydrogen) atoms. The number of halogens is 1. The Morgan fingerprint density at radius 1 is 0.917 bits per heavy atom. The summed E-state index contributed by atoms with van der Waals surface area (Å²) in [5.41, 5.74) is 1.45. The molecule has 4 rings (SSSR count). The molecular weight excluding hydrogens is 320 g/mol. The largest absolute Gasteiger partial charge is 0.353 e. The van der Waals surface area contributed by atoms with E-state index in [0.29, 0.717) is 30.0 Å². The standard InChI is InChI=1S/C20H28N2O.ClH/c23-20(22-19-12-17-10-11-18(13-19)21-17)16-8-6-15(7-9-16)14-4-2-1-3-5-14;/h1-5,15-19,21H,6-13H2,(H,22,23);1H. The zero-order valence-corrected chi connectivity index (χ0v) is 15.1. The fraction of sp³-hybridized carbons (Fsp3) is 0.650. The van der Waals surface area contributed by atoms with Crippen molar-refractivity contribution in [3.63, 3.8) is 0 Å². The summed E-state index contributed by atoms with van der Waals surface area (Å²) in [4.78, 5) is 12.6. The number of hydrogen-bond acceptors (Lipinski definition) is 2. The van der Waals surface area contributed by atoms with Crippen molar-refractivity contribution in [1.29, 1.82) is 0 Å². The van der Waals surface area contributed by atoms with Crippen molar-refractivity contribution in [2.75, 3.05) is 0 Å². The second-order valence-electron chi connectivity index (χ2n) is 7.77. The predicted octanol–water partition coefficient (Wildman–Crippen LogP) is 3.78. The van der Waals surface area contributed by atoms with Gasteiger partial charge in [0.15, 0.2) is 0 Å². The van der Waals surface area contributed by atoms with Crippen molar-refractivity contribution < 1.29 is 4.79 Å². The summed E-state index contributed by atoms with van der Waals surface area (Å²) in [7, 11) is 0. The third kappa shape index (κ3) is 3.94. The maximum atomic E-state index is 12.6. The summed E-state index contributed by atoms with van der Waals surface area (Å²) in [6.45, 7) is 0. The maximum Gasteiger partial charge on any atom is 0.223 e. The van der Waals surface area contributed by atoms with Gasteiger partial charge in [-0.3, -0.25) is 4.79 Å². The van der Waals surface area contributed by atoms with Gasteiger partial charge in [-0.15, -0.1) is 12.4 Å². The van der Waals surface area contributed by atoms with Crippen LogP contribution in [-0.4, -0.2) is 24.0 Å². The van der Waals surface area contributed by atoms with Gasteiger partial charge in [-0.2, -0.15) is 0 Å². The Bertz CT molecular complexity index is 530. The van der Waals surface area contributed by atoms with Crippen LogP contribution in [-0.2, 0) is 4.79 Å². The molecule has 132 valence electrons. The van der Waals surface area contributed by atoms with E-state index in [1.807, 2.05) is 0 Å². The highest BCUT2D eigenvalue weighted by Crippen LogP contribution is 2.36. The zero-order valence-electron chi connectivity index (χ0n) is 14.2. The molecule has 2 aliphatic heterocycles. The molecule has 0 radical (unpaired) electrons. The van der Waals surface area contributed by atoms with E-state index in [1.165, 1.54) is 18.4 Å². The van der Waals surface area contributed by atoms with Crippen molar-refractivity contribution >= 4 is 18.3 Å². The van der Waals surface area contributed by atoms with Crippen molar-refractivity contribution in [2.24, 2.45) is 5.92 Å². The molecule has 0 spiro atoms. The lowest BCUT2D eigenvalue weighted by Crippen LogP contribution is -2.49. The van der Waals surface area contributed by atoms with E-state index in [4.69, 9.17) is 0 Å². The molecular formula is C20H29ClN2O. The molecule has 2 saturated heterocycles. The average molecular weight is 349 g/mol. The van der Waals surface area contributed by atoms with Gasteiger partial charge in [0.05, 0.1) is 0 Å². The molecule has 3 fully saturated rings. The van der Waals surface area contributed by atoms with Crippen LogP contribution >= 0.6 is 12.4 Å². The Morgan fingerprint density at radius 2 is 1.54 bits per heavy atom. The molecule has 3 nitrogen and oxygen atoms in total. The number of amides is 1. The second-order valence-corrected chi connectivity index (χ2v) is 7.77. The Labute approximate surface area is 151 Å². The van der Waals surface area contributed by atoms with E-state index in [-0.39, 0.29) is 18.3 Å². The van der Waals surface area contributed by atoms with Crippen molar-refractivity contribution in [2.45, 2.75) is 75.4 Å². The first-order chi connectivity index (χ1) is 11.3. The van der Waals surface area contributed by atoms with Gasteiger partial charge in [-0.05, 0) is 62.8 Å².